The lowest BCUT2D eigenvalue weighted by Gasteiger charge is -2.46. The number of carbonyl (C=O) groups excluding carboxylic acids is 7. The van der Waals surface area contributed by atoms with E-state index in [0.29, 0.717) is 5.56 Å². The van der Waals surface area contributed by atoms with Crippen LogP contribution in [0.25, 0.3) is 0 Å². The van der Waals surface area contributed by atoms with Gasteiger partial charge >= 0.3 is 5.97 Å². The molecule has 6 aliphatic rings. The number of amides is 6. The molecule has 0 saturated carbocycles. The van der Waals surface area contributed by atoms with Gasteiger partial charge in [-0.15, -0.1) is 0 Å². The summed E-state index contributed by atoms with van der Waals surface area (Å²) in [5.74, 6) is -9.11. The Kier molecular flexibility index (Phi) is 25.6. The second-order valence-corrected chi connectivity index (χ2v) is 24.2. The molecule has 4 unspecified atom stereocenters. The highest BCUT2D eigenvalue weighted by Crippen LogP contribution is 2.33. The quantitative estimate of drug-likeness (QED) is 0.0547. The van der Waals surface area contributed by atoms with Gasteiger partial charge in [0.05, 0.1) is 58.1 Å². The molecule has 6 heterocycles. The zero-order valence-corrected chi connectivity index (χ0v) is 51.8. The van der Waals surface area contributed by atoms with Gasteiger partial charge in [0.1, 0.15) is 115 Å². The Morgan fingerprint density at radius 2 is 1.17 bits per heavy atom. The summed E-state index contributed by atoms with van der Waals surface area (Å²) in [7, 11) is 0. The SMILES string of the molecule is CC(C)CC(=O)O[C@@H]1[C@H](O)[C@@H](O[C@H]2[C@H](O)[C@H](O)[C@@H](Oc3ccc(C[C@H]4NC(=O)[C@H](Cc5ccccc5)NC(=O)CNC(=O)[C@H](CO)NC(=O)[C@@H](C(O)C5CN=C(N)N5[C@H]5O[C@H](CO)[C@@H](O)[C@H](O)[C@@H]5O)NC(=O)[C@H](C(O)C5CN=C(N)N5)NC4=O)cc3)O[C@@H]2CO)O[C@H](CO)[C@H]1O. The highest BCUT2D eigenvalue weighted by atomic mass is 16.7. The van der Waals surface area contributed by atoms with E-state index in [0.717, 1.165) is 4.90 Å². The van der Waals surface area contributed by atoms with Crippen molar-refractivity contribution in [2.45, 2.75) is 180 Å². The number of esters is 1. The van der Waals surface area contributed by atoms with Crippen LogP contribution in [0.15, 0.2) is 64.6 Å². The van der Waals surface area contributed by atoms with E-state index in [9.17, 15) is 90.4 Å². The second-order valence-electron chi connectivity index (χ2n) is 24.2. The highest BCUT2D eigenvalue weighted by Gasteiger charge is 2.55. The summed E-state index contributed by atoms with van der Waals surface area (Å²) in [5.41, 5.74) is 12.8. The number of hydrogen-bond donors (Lipinski definition) is 22. The van der Waals surface area contributed by atoms with E-state index in [2.05, 4.69) is 47.2 Å². The molecule has 0 radical (unpaired) electrons. The van der Waals surface area contributed by atoms with Crippen molar-refractivity contribution >= 4 is 53.3 Å². The van der Waals surface area contributed by atoms with Gasteiger partial charge in [-0.05, 0) is 29.2 Å². The maximum Gasteiger partial charge on any atom is 0.306 e. The summed E-state index contributed by atoms with van der Waals surface area (Å²) in [4.78, 5) is 108. The lowest BCUT2D eigenvalue weighted by Crippen LogP contribution is -2.70. The van der Waals surface area contributed by atoms with Crippen molar-refractivity contribution in [3.8, 4) is 5.75 Å². The maximum absolute atomic E-state index is 15.1. The van der Waals surface area contributed by atoms with E-state index < -0.39 is 240 Å². The van der Waals surface area contributed by atoms with Gasteiger partial charge in [-0.1, -0.05) is 56.3 Å². The second kappa shape index (κ2) is 33.1. The predicted octanol–water partition coefficient (Wildman–Crippen LogP) is -12.6. The van der Waals surface area contributed by atoms with Gasteiger partial charge in [0.15, 0.2) is 30.5 Å². The van der Waals surface area contributed by atoms with Crippen molar-refractivity contribution in [2.75, 3.05) is 46.1 Å². The van der Waals surface area contributed by atoms with Crippen LogP contribution < -0.4 is 53.4 Å². The van der Waals surface area contributed by atoms with Gasteiger partial charge in [0.25, 0.3) is 0 Å². The molecule has 96 heavy (non-hydrogen) atoms. The van der Waals surface area contributed by atoms with Crippen LogP contribution in [0.1, 0.15) is 31.4 Å². The molecule has 2 aromatic rings. The Bertz CT molecular complexity index is 3070. The predicted molar refractivity (Wildman–Crippen MR) is 322 cm³/mol. The average Bonchev–Trinajstić information content (AvgIpc) is 1.68. The first-order valence-corrected chi connectivity index (χ1v) is 30.8. The minimum absolute atomic E-state index is 0.0847. The standard InChI is InChI=1S/C58H84N12O26/c1-22(2)12-35(76)95-48-41(80)32(20-73)93-56(46(48)85)96-47-33(21-74)94-55(45(84)43(47)82)91-25-10-8-24(9-11-25)14-27-51(88)68-36(38(77)28-15-62-57(59)67-28)53(90)69-37(39(78)30-16-63-58(60)70(30)54-44(83)42(81)40(79)31(19-72)92-54)52(89)66-29(18-71)49(86)61-17-34(75)64-26(50(87)65-27)13-23-6-4-3-5-7-23/h3-11,22,26-33,36-48,54-56,71-74,77-85H,12-21H2,1-2H3,(H2,60,63)(H,61,86)(H,64,75)(H,65,87)(H,66,89)(H,68,88)(H,69,90)(H3,59,62,67)/t26-,27+,28?,29-,30?,31+,32+,33+,36-,37+,38?,39?,40+,41+,42-,43+,44-,45-,46-,47+,48-,54-,55-,56+/m0/s1. The van der Waals surface area contributed by atoms with Crippen molar-refractivity contribution < 1.29 is 128 Å². The van der Waals surface area contributed by atoms with E-state index in [1.807, 2.05) is 0 Å². The Balaban J connectivity index is 1.08. The van der Waals surface area contributed by atoms with Crippen molar-refractivity contribution in [3.05, 3.63) is 65.7 Å². The molecule has 0 aliphatic carbocycles. The van der Waals surface area contributed by atoms with Crippen LogP contribution in [0.4, 0.5) is 0 Å². The average molecular weight is 1370 g/mol. The van der Waals surface area contributed by atoms with Crippen molar-refractivity contribution in [2.24, 2.45) is 27.4 Å². The summed E-state index contributed by atoms with van der Waals surface area (Å²) in [6.07, 6.45) is -32.1. The normalized spacial score (nSPS) is 35.9. The number of benzene rings is 2. The van der Waals surface area contributed by atoms with Crippen LogP contribution in [0, 0.1) is 5.92 Å². The molecule has 4 fully saturated rings. The molecule has 8 rings (SSSR count). The molecule has 24 N–H and O–H groups in total. The Morgan fingerprint density at radius 3 is 1.79 bits per heavy atom. The van der Waals surface area contributed by atoms with Crippen LogP contribution in [0.3, 0.4) is 0 Å². The smallest absolute Gasteiger partial charge is 0.306 e. The van der Waals surface area contributed by atoms with E-state index >= 15 is 9.59 Å². The molecule has 0 bridgehead atoms. The third-order valence-corrected chi connectivity index (χ3v) is 16.8. The Hall–Kier alpha value is -7.61. The summed E-state index contributed by atoms with van der Waals surface area (Å²) < 4.78 is 34.1. The Labute approximate surface area is 546 Å². The molecule has 6 aliphatic heterocycles. The van der Waals surface area contributed by atoms with Crippen LogP contribution in [-0.2, 0) is 70.1 Å². The molecule has 24 atom stereocenters. The minimum Gasteiger partial charge on any atom is -0.462 e. The first-order valence-electron chi connectivity index (χ1n) is 30.8. The fourth-order valence-electron chi connectivity index (χ4n) is 11.6. The Morgan fingerprint density at radius 1 is 0.583 bits per heavy atom. The molecule has 2 aromatic carbocycles. The fourth-order valence-corrected chi connectivity index (χ4v) is 11.6. The van der Waals surface area contributed by atoms with Crippen LogP contribution in [0.2, 0.25) is 0 Å². The lowest BCUT2D eigenvalue weighted by molar-refractivity contribution is -0.353. The first kappa shape index (κ1) is 74.2. The number of nitrogens with one attached hydrogen (secondary N) is 7. The first-order chi connectivity index (χ1) is 45.7. The van der Waals surface area contributed by atoms with E-state index in [1.54, 1.807) is 44.2 Å². The number of nitrogens with two attached hydrogens (primary N) is 2. The number of aliphatic imine (C=N–C) groups is 2. The molecule has 0 spiro atoms. The minimum atomic E-state index is -2.35. The number of nitrogens with zero attached hydrogens (tertiary/aromatic N) is 3. The van der Waals surface area contributed by atoms with Gasteiger partial charge in [0, 0.05) is 19.3 Å². The number of aliphatic hydroxyl groups is 13. The van der Waals surface area contributed by atoms with Gasteiger partial charge in [-0.2, -0.15) is 0 Å². The van der Waals surface area contributed by atoms with Crippen molar-refractivity contribution in [1.82, 2.24) is 42.1 Å². The van der Waals surface area contributed by atoms with Gasteiger partial charge in [0.2, 0.25) is 41.7 Å². The largest absolute Gasteiger partial charge is 0.462 e. The molecule has 0 aromatic heterocycles. The van der Waals surface area contributed by atoms with E-state index in [1.165, 1.54) is 24.3 Å². The zero-order chi connectivity index (χ0) is 70.0. The third-order valence-electron chi connectivity index (χ3n) is 16.8. The van der Waals surface area contributed by atoms with Crippen molar-refractivity contribution in [3.63, 3.8) is 0 Å². The molecular formula is C58H84N12O26. The molecule has 38 heteroatoms. The number of rotatable bonds is 20. The summed E-state index contributed by atoms with van der Waals surface area (Å²) in [6.45, 7) is -2.15. The van der Waals surface area contributed by atoms with Crippen LogP contribution in [0.5, 0.6) is 5.75 Å². The molecular weight excluding hydrogens is 1280 g/mol. The van der Waals surface area contributed by atoms with Crippen molar-refractivity contribution in [1.29, 1.82) is 0 Å². The van der Waals surface area contributed by atoms with Gasteiger partial charge in [-0.25, -0.2) is 0 Å². The number of carbonyl (C=O) groups is 7. The van der Waals surface area contributed by atoms with Crippen LogP contribution in [-0.4, -0.2) is 317 Å². The van der Waals surface area contributed by atoms with Gasteiger partial charge in [-0.3, -0.25) is 43.5 Å². The van der Waals surface area contributed by atoms with Crippen LogP contribution >= 0.6 is 0 Å². The number of hydrogen-bond acceptors (Lipinski definition) is 32. The zero-order valence-electron chi connectivity index (χ0n) is 51.8. The molecule has 6 amide bonds. The van der Waals surface area contributed by atoms with E-state index in [-0.39, 0.29) is 42.6 Å². The number of ether oxygens (including phenoxy) is 6. The molecule has 38 nitrogen and oxygen atoms in total. The summed E-state index contributed by atoms with van der Waals surface area (Å²) >= 11 is 0. The molecule has 4 saturated heterocycles. The fraction of sp³-hybridized carbons (Fsp3) is 0.638. The number of guanidine groups is 2. The summed E-state index contributed by atoms with van der Waals surface area (Å²) in [6, 6.07) is 0.728. The summed E-state index contributed by atoms with van der Waals surface area (Å²) in [5, 5.41) is 159. The third kappa shape index (κ3) is 17.6. The van der Waals surface area contributed by atoms with Gasteiger partial charge < -0.3 is 148 Å². The topological polar surface area (TPSA) is 602 Å². The molecule has 532 valence electrons. The maximum atomic E-state index is 15.1. The lowest BCUT2D eigenvalue weighted by atomic mass is 9.95. The highest BCUT2D eigenvalue weighted by molar-refractivity contribution is 5.98. The van der Waals surface area contributed by atoms with E-state index in [4.69, 9.17) is 39.9 Å². The monoisotopic (exact) mass is 1360 g/mol. The number of aliphatic hydroxyl groups excluding tert-OH is 13.